The summed E-state index contributed by atoms with van der Waals surface area (Å²) in [6.07, 6.45) is 0.535. The molecule has 2 aromatic carbocycles. The van der Waals surface area contributed by atoms with Gasteiger partial charge in [-0.25, -0.2) is 0 Å². The zero-order chi connectivity index (χ0) is 21.4. The van der Waals surface area contributed by atoms with Crippen LogP contribution in [0.2, 0.25) is 0 Å². The number of likely N-dealkylation sites (N-methyl/N-ethyl adjacent to an activating group) is 1. The lowest BCUT2D eigenvalue weighted by Gasteiger charge is -2.31. The maximum absolute atomic E-state index is 13.2. The van der Waals surface area contributed by atoms with Crippen LogP contribution in [-0.2, 0) is 16.1 Å². The van der Waals surface area contributed by atoms with Crippen molar-refractivity contribution in [3.8, 4) is 5.75 Å². The first-order valence-electron chi connectivity index (χ1n) is 10.2. The second-order valence-electron chi connectivity index (χ2n) is 7.25. The molecule has 156 valence electrons. The van der Waals surface area contributed by atoms with Crippen molar-refractivity contribution in [2.45, 2.75) is 53.6 Å². The Morgan fingerprint density at radius 1 is 1.00 bits per heavy atom. The topological polar surface area (TPSA) is 58.6 Å². The van der Waals surface area contributed by atoms with Crippen LogP contribution in [0.3, 0.4) is 0 Å². The first kappa shape index (κ1) is 22.5. The minimum Gasteiger partial charge on any atom is -0.483 e. The van der Waals surface area contributed by atoms with Crippen molar-refractivity contribution in [3.63, 3.8) is 0 Å². The standard InChI is InChI=1S/C24H32N2O3/c1-6-21(24(28)25-7-2)26(15-20-13-9-8-11-18(20)4)23(27)16-29-22-14-10-12-17(3)19(22)5/h8-14,21H,6-7,15-16H2,1-5H3,(H,25,28). The summed E-state index contributed by atoms with van der Waals surface area (Å²) in [7, 11) is 0. The van der Waals surface area contributed by atoms with Crippen LogP contribution in [0, 0.1) is 20.8 Å². The molecule has 5 heteroatoms. The van der Waals surface area contributed by atoms with Crippen molar-refractivity contribution < 1.29 is 14.3 Å². The molecule has 2 rings (SSSR count). The Balaban J connectivity index is 2.24. The number of hydrogen-bond donors (Lipinski definition) is 1. The Hall–Kier alpha value is -2.82. The van der Waals surface area contributed by atoms with Gasteiger partial charge in [0.1, 0.15) is 11.8 Å². The smallest absolute Gasteiger partial charge is 0.261 e. The Labute approximate surface area is 174 Å². The van der Waals surface area contributed by atoms with Crippen molar-refractivity contribution >= 4 is 11.8 Å². The summed E-state index contributed by atoms with van der Waals surface area (Å²) in [4.78, 5) is 27.4. The lowest BCUT2D eigenvalue weighted by molar-refractivity contribution is -0.142. The van der Waals surface area contributed by atoms with E-state index in [2.05, 4.69) is 5.32 Å². The lowest BCUT2D eigenvalue weighted by atomic mass is 10.1. The molecule has 1 N–H and O–H groups in total. The fourth-order valence-electron chi connectivity index (χ4n) is 3.29. The van der Waals surface area contributed by atoms with E-state index in [1.807, 2.05) is 77.1 Å². The van der Waals surface area contributed by atoms with Crippen LogP contribution in [0.5, 0.6) is 5.75 Å². The normalized spacial score (nSPS) is 11.6. The van der Waals surface area contributed by atoms with Gasteiger partial charge in [-0.15, -0.1) is 0 Å². The summed E-state index contributed by atoms with van der Waals surface area (Å²) in [5, 5.41) is 2.85. The van der Waals surface area contributed by atoms with Gasteiger partial charge in [0.05, 0.1) is 0 Å². The molecule has 0 aromatic heterocycles. The number of aryl methyl sites for hydroxylation is 2. The van der Waals surface area contributed by atoms with Gasteiger partial charge in [0.15, 0.2) is 6.61 Å². The molecule has 29 heavy (non-hydrogen) atoms. The number of benzene rings is 2. The number of carbonyl (C=O) groups is 2. The van der Waals surface area contributed by atoms with Crippen LogP contribution in [0.15, 0.2) is 42.5 Å². The molecule has 0 heterocycles. The van der Waals surface area contributed by atoms with Crippen LogP contribution in [-0.4, -0.2) is 35.9 Å². The minimum atomic E-state index is -0.538. The van der Waals surface area contributed by atoms with E-state index in [9.17, 15) is 9.59 Å². The summed E-state index contributed by atoms with van der Waals surface area (Å²) in [6.45, 7) is 10.6. The van der Waals surface area contributed by atoms with Gasteiger partial charge < -0.3 is 15.0 Å². The molecule has 0 spiro atoms. The molecule has 0 aliphatic heterocycles. The molecule has 0 saturated heterocycles. The molecule has 0 saturated carbocycles. The van der Waals surface area contributed by atoms with Crippen molar-refractivity contribution in [3.05, 3.63) is 64.7 Å². The number of hydrogen-bond acceptors (Lipinski definition) is 3. The van der Waals surface area contributed by atoms with Crippen molar-refractivity contribution in [2.75, 3.05) is 13.2 Å². The van der Waals surface area contributed by atoms with E-state index in [1.165, 1.54) is 0 Å². The van der Waals surface area contributed by atoms with Crippen LogP contribution >= 0.6 is 0 Å². The fourth-order valence-corrected chi connectivity index (χ4v) is 3.29. The lowest BCUT2D eigenvalue weighted by Crippen LogP contribution is -2.50. The van der Waals surface area contributed by atoms with Gasteiger partial charge in [0.25, 0.3) is 5.91 Å². The average molecular weight is 397 g/mol. The SMILES string of the molecule is CCNC(=O)C(CC)N(Cc1ccccc1C)C(=O)COc1cccc(C)c1C. The van der Waals surface area contributed by atoms with Gasteiger partial charge in [-0.3, -0.25) is 9.59 Å². The van der Waals surface area contributed by atoms with Crippen LogP contribution < -0.4 is 10.1 Å². The third kappa shape index (κ3) is 5.83. The predicted octanol–water partition coefficient (Wildman–Crippen LogP) is 3.93. The molecule has 0 aliphatic rings. The summed E-state index contributed by atoms with van der Waals surface area (Å²) >= 11 is 0. The third-order valence-corrected chi connectivity index (χ3v) is 5.24. The minimum absolute atomic E-state index is 0.105. The largest absolute Gasteiger partial charge is 0.483 e. The van der Waals surface area contributed by atoms with Gasteiger partial charge in [0, 0.05) is 13.1 Å². The Kier molecular flexibility index (Phi) is 8.25. The molecule has 0 aliphatic carbocycles. The Bertz CT molecular complexity index is 848. The van der Waals surface area contributed by atoms with Crippen LogP contribution in [0.1, 0.15) is 42.5 Å². The summed E-state index contributed by atoms with van der Waals surface area (Å²) < 4.78 is 5.84. The third-order valence-electron chi connectivity index (χ3n) is 5.24. The molecule has 0 fully saturated rings. The molecule has 1 atom stereocenters. The number of nitrogens with zero attached hydrogens (tertiary/aromatic N) is 1. The Morgan fingerprint density at radius 3 is 2.34 bits per heavy atom. The van der Waals surface area contributed by atoms with Crippen molar-refractivity contribution in [1.29, 1.82) is 0 Å². The zero-order valence-corrected chi connectivity index (χ0v) is 18.1. The summed E-state index contributed by atoms with van der Waals surface area (Å²) in [6, 6.07) is 13.2. The molecule has 0 radical (unpaired) electrons. The summed E-state index contributed by atoms with van der Waals surface area (Å²) in [5.41, 5.74) is 4.24. The highest BCUT2D eigenvalue weighted by molar-refractivity contribution is 5.88. The molecular formula is C24H32N2O3. The highest BCUT2D eigenvalue weighted by Gasteiger charge is 2.29. The van der Waals surface area contributed by atoms with Gasteiger partial charge in [-0.1, -0.05) is 43.3 Å². The second-order valence-corrected chi connectivity index (χ2v) is 7.25. The number of rotatable bonds is 9. The molecule has 0 bridgehead atoms. The second kappa shape index (κ2) is 10.6. The molecule has 2 amide bonds. The highest BCUT2D eigenvalue weighted by atomic mass is 16.5. The first-order chi connectivity index (χ1) is 13.9. The first-order valence-corrected chi connectivity index (χ1v) is 10.2. The maximum Gasteiger partial charge on any atom is 0.261 e. The zero-order valence-electron chi connectivity index (χ0n) is 18.1. The van der Waals surface area contributed by atoms with Gasteiger partial charge in [-0.2, -0.15) is 0 Å². The number of carbonyl (C=O) groups excluding carboxylic acids is 2. The van der Waals surface area contributed by atoms with E-state index >= 15 is 0 Å². The fraction of sp³-hybridized carbons (Fsp3) is 0.417. The van der Waals surface area contributed by atoms with Gasteiger partial charge >= 0.3 is 0 Å². The van der Waals surface area contributed by atoms with E-state index in [0.29, 0.717) is 25.3 Å². The maximum atomic E-state index is 13.2. The van der Waals surface area contributed by atoms with Crippen molar-refractivity contribution in [1.82, 2.24) is 10.2 Å². The molecule has 1 unspecified atom stereocenters. The van der Waals surface area contributed by atoms with E-state index < -0.39 is 6.04 Å². The number of nitrogens with one attached hydrogen (secondary N) is 1. The van der Waals surface area contributed by atoms with E-state index in [1.54, 1.807) is 4.90 Å². The molecule has 5 nitrogen and oxygen atoms in total. The van der Waals surface area contributed by atoms with Crippen LogP contribution in [0.25, 0.3) is 0 Å². The van der Waals surface area contributed by atoms with Crippen LogP contribution in [0.4, 0.5) is 0 Å². The van der Waals surface area contributed by atoms with Gasteiger partial charge in [-0.05, 0) is 62.4 Å². The van der Waals surface area contributed by atoms with E-state index in [0.717, 1.165) is 22.3 Å². The molecule has 2 aromatic rings. The number of ether oxygens (including phenoxy) is 1. The van der Waals surface area contributed by atoms with E-state index in [4.69, 9.17) is 4.74 Å². The highest BCUT2D eigenvalue weighted by Crippen LogP contribution is 2.21. The van der Waals surface area contributed by atoms with E-state index in [-0.39, 0.29) is 18.4 Å². The monoisotopic (exact) mass is 396 g/mol. The van der Waals surface area contributed by atoms with Crippen molar-refractivity contribution in [2.24, 2.45) is 0 Å². The Morgan fingerprint density at radius 2 is 1.69 bits per heavy atom. The van der Waals surface area contributed by atoms with Gasteiger partial charge in [0.2, 0.25) is 5.91 Å². The quantitative estimate of drug-likeness (QED) is 0.699. The number of amides is 2. The molecular weight excluding hydrogens is 364 g/mol. The predicted molar refractivity (Wildman–Crippen MR) is 116 cm³/mol. The average Bonchev–Trinajstić information content (AvgIpc) is 2.70. The summed E-state index contributed by atoms with van der Waals surface area (Å²) in [5.74, 6) is 0.358.